The highest BCUT2D eigenvalue weighted by Gasteiger charge is 2.35. The Morgan fingerprint density at radius 1 is 1.40 bits per heavy atom. The monoisotopic (exact) mass is 322 g/mol. The van der Waals surface area contributed by atoms with Gasteiger partial charge in [-0.2, -0.15) is 11.8 Å². The van der Waals surface area contributed by atoms with Crippen LogP contribution in [0.4, 0.5) is 4.79 Å². The van der Waals surface area contributed by atoms with Crippen molar-refractivity contribution in [2.24, 2.45) is 0 Å². The van der Waals surface area contributed by atoms with Gasteiger partial charge in [0.1, 0.15) is 6.04 Å². The topological polar surface area (TPSA) is 104 Å². The van der Waals surface area contributed by atoms with Crippen molar-refractivity contribution in [3.63, 3.8) is 0 Å². The first-order valence-corrected chi connectivity index (χ1v) is 9.35. The molecule has 114 valence electrons. The van der Waals surface area contributed by atoms with Crippen molar-refractivity contribution in [1.29, 1.82) is 0 Å². The highest BCUT2D eigenvalue weighted by molar-refractivity contribution is 7.99. The molecule has 2 rings (SSSR count). The molecule has 0 aliphatic carbocycles. The summed E-state index contributed by atoms with van der Waals surface area (Å²) < 4.78 is 23.3. The van der Waals surface area contributed by atoms with Gasteiger partial charge in [0.15, 0.2) is 9.84 Å². The summed E-state index contributed by atoms with van der Waals surface area (Å²) in [5.41, 5.74) is 0. The van der Waals surface area contributed by atoms with Crippen LogP contribution in [0.2, 0.25) is 0 Å². The fourth-order valence-corrected chi connectivity index (χ4v) is 5.25. The van der Waals surface area contributed by atoms with E-state index in [0.29, 0.717) is 30.9 Å². The van der Waals surface area contributed by atoms with Crippen LogP contribution in [0.15, 0.2) is 0 Å². The fourth-order valence-electron chi connectivity index (χ4n) is 2.44. The zero-order chi connectivity index (χ0) is 14.8. The van der Waals surface area contributed by atoms with E-state index in [2.05, 4.69) is 5.32 Å². The van der Waals surface area contributed by atoms with Gasteiger partial charge in [0, 0.05) is 24.6 Å². The van der Waals surface area contributed by atoms with E-state index in [9.17, 15) is 18.0 Å². The van der Waals surface area contributed by atoms with Crippen molar-refractivity contribution in [3.05, 3.63) is 0 Å². The third-order valence-corrected chi connectivity index (χ3v) is 6.92. The van der Waals surface area contributed by atoms with E-state index in [0.717, 1.165) is 0 Å². The van der Waals surface area contributed by atoms with Crippen molar-refractivity contribution >= 4 is 33.6 Å². The van der Waals surface area contributed by atoms with Crippen LogP contribution in [-0.2, 0) is 14.6 Å². The molecule has 0 spiro atoms. The van der Waals surface area contributed by atoms with Crippen LogP contribution in [0, 0.1) is 0 Å². The van der Waals surface area contributed by atoms with Crippen LogP contribution in [0.25, 0.3) is 0 Å². The van der Waals surface area contributed by atoms with E-state index in [1.807, 2.05) is 0 Å². The largest absolute Gasteiger partial charge is 0.480 e. The first-order valence-electron chi connectivity index (χ1n) is 6.48. The maximum atomic E-state index is 12.0. The standard InChI is InChI=1S/C11H18N2O5S2/c14-10(15)9-7-19-4-3-13(9)11(16)12-6-8-2-1-5-20(8,17)18/h8-9H,1-7H2,(H,12,16)(H,14,15). The zero-order valence-corrected chi connectivity index (χ0v) is 12.6. The van der Waals surface area contributed by atoms with Gasteiger partial charge >= 0.3 is 12.0 Å². The normalized spacial score (nSPS) is 29.1. The van der Waals surface area contributed by atoms with Crippen molar-refractivity contribution in [3.8, 4) is 0 Å². The van der Waals surface area contributed by atoms with Gasteiger partial charge < -0.3 is 15.3 Å². The lowest BCUT2D eigenvalue weighted by atomic mass is 10.2. The maximum Gasteiger partial charge on any atom is 0.327 e. The van der Waals surface area contributed by atoms with E-state index in [4.69, 9.17) is 5.11 Å². The minimum absolute atomic E-state index is 0.0666. The van der Waals surface area contributed by atoms with Crippen molar-refractivity contribution in [1.82, 2.24) is 10.2 Å². The first-order chi connectivity index (χ1) is 9.42. The Labute approximate surface area is 122 Å². The number of sulfone groups is 1. The number of carbonyl (C=O) groups excluding carboxylic acids is 1. The highest BCUT2D eigenvalue weighted by atomic mass is 32.2. The number of rotatable bonds is 3. The number of hydrogen-bond acceptors (Lipinski definition) is 5. The summed E-state index contributed by atoms with van der Waals surface area (Å²) in [6.45, 7) is 0.433. The Morgan fingerprint density at radius 2 is 2.15 bits per heavy atom. The van der Waals surface area contributed by atoms with E-state index >= 15 is 0 Å². The predicted molar refractivity (Wildman–Crippen MR) is 75.7 cm³/mol. The molecule has 2 amide bonds. The number of hydrogen-bond donors (Lipinski definition) is 2. The third-order valence-electron chi connectivity index (χ3n) is 3.62. The van der Waals surface area contributed by atoms with Crippen molar-refractivity contribution in [2.45, 2.75) is 24.1 Å². The molecule has 20 heavy (non-hydrogen) atoms. The molecule has 2 atom stereocenters. The Morgan fingerprint density at radius 3 is 2.75 bits per heavy atom. The van der Waals surface area contributed by atoms with Gasteiger partial charge in [-0.1, -0.05) is 0 Å². The molecular formula is C11H18N2O5S2. The molecule has 0 aromatic rings. The number of thioether (sulfide) groups is 1. The first kappa shape index (κ1) is 15.4. The molecule has 0 aromatic heterocycles. The van der Waals surface area contributed by atoms with Gasteiger partial charge in [0.05, 0.1) is 11.0 Å². The lowest BCUT2D eigenvalue weighted by Crippen LogP contribution is -2.54. The second kappa shape index (κ2) is 6.21. The number of amides is 2. The highest BCUT2D eigenvalue weighted by Crippen LogP contribution is 2.20. The summed E-state index contributed by atoms with van der Waals surface area (Å²) in [4.78, 5) is 24.4. The summed E-state index contributed by atoms with van der Waals surface area (Å²) in [6.07, 6.45) is 1.18. The number of urea groups is 1. The summed E-state index contributed by atoms with van der Waals surface area (Å²) in [5.74, 6) is 0.204. The molecule has 2 heterocycles. The molecular weight excluding hydrogens is 304 g/mol. The predicted octanol–water partition coefficient (Wildman–Crippen LogP) is -0.225. The minimum atomic E-state index is -3.10. The van der Waals surface area contributed by atoms with Crippen LogP contribution in [-0.4, -0.2) is 72.1 Å². The third kappa shape index (κ3) is 3.38. The Kier molecular flexibility index (Phi) is 4.79. The molecule has 2 aliphatic heterocycles. The Hall–Kier alpha value is -0.960. The fraction of sp³-hybridized carbons (Fsp3) is 0.818. The van der Waals surface area contributed by atoms with Crippen LogP contribution >= 0.6 is 11.8 Å². The average molecular weight is 322 g/mol. The molecule has 2 N–H and O–H groups in total. The van der Waals surface area contributed by atoms with E-state index in [1.165, 1.54) is 16.7 Å². The van der Waals surface area contributed by atoms with Gasteiger partial charge in [-0.15, -0.1) is 0 Å². The molecule has 2 unspecified atom stereocenters. The van der Waals surface area contributed by atoms with Crippen LogP contribution in [0.5, 0.6) is 0 Å². The molecule has 2 saturated heterocycles. The lowest BCUT2D eigenvalue weighted by molar-refractivity contribution is -0.141. The van der Waals surface area contributed by atoms with E-state index in [-0.39, 0.29) is 12.3 Å². The van der Waals surface area contributed by atoms with E-state index in [1.54, 1.807) is 0 Å². The molecule has 0 bridgehead atoms. The average Bonchev–Trinajstić information content (AvgIpc) is 2.75. The minimum Gasteiger partial charge on any atom is -0.480 e. The summed E-state index contributed by atoms with van der Waals surface area (Å²) >= 11 is 1.50. The molecule has 2 fully saturated rings. The van der Waals surface area contributed by atoms with Gasteiger partial charge in [-0.3, -0.25) is 0 Å². The van der Waals surface area contributed by atoms with Gasteiger partial charge in [0.25, 0.3) is 0 Å². The quantitative estimate of drug-likeness (QED) is 0.744. The molecule has 2 aliphatic rings. The van der Waals surface area contributed by atoms with Gasteiger partial charge in [-0.25, -0.2) is 18.0 Å². The van der Waals surface area contributed by atoms with Crippen LogP contribution in [0.1, 0.15) is 12.8 Å². The SMILES string of the molecule is O=C(O)C1CSCCN1C(=O)NCC1CCCS1(=O)=O. The second-order valence-electron chi connectivity index (χ2n) is 4.94. The molecule has 9 heteroatoms. The maximum absolute atomic E-state index is 12.0. The molecule has 7 nitrogen and oxygen atoms in total. The Bertz CT molecular complexity index is 493. The number of aliphatic carboxylic acids is 1. The smallest absolute Gasteiger partial charge is 0.327 e. The van der Waals surface area contributed by atoms with Crippen molar-refractivity contribution in [2.75, 3.05) is 30.3 Å². The lowest BCUT2D eigenvalue weighted by Gasteiger charge is -2.32. The molecule has 0 saturated carbocycles. The van der Waals surface area contributed by atoms with Gasteiger partial charge in [0.2, 0.25) is 0 Å². The van der Waals surface area contributed by atoms with Gasteiger partial charge in [-0.05, 0) is 12.8 Å². The Balaban J connectivity index is 1.92. The van der Waals surface area contributed by atoms with Crippen LogP contribution in [0.3, 0.4) is 0 Å². The van der Waals surface area contributed by atoms with Crippen LogP contribution < -0.4 is 5.32 Å². The van der Waals surface area contributed by atoms with Crippen molar-refractivity contribution < 1.29 is 23.1 Å². The zero-order valence-electron chi connectivity index (χ0n) is 10.9. The molecule has 0 aromatic carbocycles. The second-order valence-corrected chi connectivity index (χ2v) is 8.49. The van der Waals surface area contributed by atoms with E-state index < -0.39 is 33.1 Å². The summed E-state index contributed by atoms with van der Waals surface area (Å²) in [6, 6.07) is -1.33. The number of carboxylic acids is 1. The number of nitrogens with zero attached hydrogens (tertiary/aromatic N) is 1. The molecule has 0 radical (unpaired) electrons. The number of nitrogens with one attached hydrogen (secondary N) is 1. The summed E-state index contributed by atoms with van der Waals surface area (Å²) in [5, 5.41) is 11.1. The summed E-state index contributed by atoms with van der Waals surface area (Å²) in [7, 11) is -3.10. The number of carboxylic acid groups (broad SMARTS) is 1. The number of carbonyl (C=O) groups is 2.